The Morgan fingerprint density at radius 3 is 2.08 bits per heavy atom. The summed E-state index contributed by atoms with van der Waals surface area (Å²) in [5.74, 6) is 0.0151. The highest BCUT2D eigenvalue weighted by atomic mass is 32.2. The predicted molar refractivity (Wildman–Crippen MR) is 99.2 cm³/mol. The Bertz CT molecular complexity index is 703. The lowest BCUT2D eigenvalue weighted by atomic mass is 10.3. The summed E-state index contributed by atoms with van der Waals surface area (Å²) in [5.41, 5.74) is 0. The number of hydrogen-bond acceptors (Lipinski definition) is 5. The van der Waals surface area contributed by atoms with E-state index in [0.717, 1.165) is 24.4 Å². The Balaban J connectivity index is 1.58. The molecule has 0 atom stereocenters. The smallest absolute Gasteiger partial charge is 0.282 e. The van der Waals surface area contributed by atoms with Crippen LogP contribution in [0.15, 0.2) is 12.1 Å². The first kappa shape index (κ1) is 18.8. The summed E-state index contributed by atoms with van der Waals surface area (Å²) < 4.78 is 28.6. The van der Waals surface area contributed by atoms with Crippen LogP contribution in [-0.2, 0) is 16.6 Å². The molecule has 1 aromatic rings. The fraction of sp³-hybridized carbons (Fsp3) is 0.688. The van der Waals surface area contributed by atoms with E-state index >= 15 is 0 Å². The van der Waals surface area contributed by atoms with E-state index in [4.69, 9.17) is 0 Å². The fourth-order valence-electron chi connectivity index (χ4n) is 3.14. The van der Waals surface area contributed by atoms with E-state index in [-0.39, 0.29) is 5.91 Å². The van der Waals surface area contributed by atoms with Crippen molar-refractivity contribution in [1.82, 2.24) is 18.4 Å². The molecular weight excluding hydrogens is 360 g/mol. The molecule has 0 N–H and O–H groups in total. The maximum absolute atomic E-state index is 12.8. The monoisotopic (exact) mass is 386 g/mol. The van der Waals surface area contributed by atoms with Crippen LogP contribution in [0.5, 0.6) is 0 Å². The molecule has 2 fully saturated rings. The lowest BCUT2D eigenvalue weighted by Crippen LogP contribution is -2.57. The number of piperazine rings is 2. The van der Waals surface area contributed by atoms with Crippen molar-refractivity contribution in [3.05, 3.63) is 21.9 Å². The Morgan fingerprint density at radius 1 is 1.00 bits per heavy atom. The summed E-state index contributed by atoms with van der Waals surface area (Å²) in [6.45, 7) is 6.29. The van der Waals surface area contributed by atoms with Gasteiger partial charge in [-0.1, -0.05) is 6.92 Å². The second-order valence-electron chi connectivity index (χ2n) is 6.52. The van der Waals surface area contributed by atoms with Gasteiger partial charge in [-0.25, -0.2) is 0 Å². The first-order valence-corrected chi connectivity index (χ1v) is 10.9. The van der Waals surface area contributed by atoms with E-state index in [2.05, 4.69) is 11.8 Å². The third-order valence-electron chi connectivity index (χ3n) is 4.86. The van der Waals surface area contributed by atoms with Crippen molar-refractivity contribution in [3.63, 3.8) is 0 Å². The molecule has 0 radical (unpaired) electrons. The van der Waals surface area contributed by atoms with Crippen molar-refractivity contribution in [3.8, 4) is 0 Å². The summed E-state index contributed by atoms with van der Waals surface area (Å²) >= 11 is 1.53. The second kappa shape index (κ2) is 7.71. The Labute approximate surface area is 154 Å². The minimum atomic E-state index is -3.42. The molecule has 0 saturated carbocycles. The van der Waals surface area contributed by atoms with Gasteiger partial charge in [-0.05, 0) is 25.6 Å². The molecule has 3 rings (SSSR count). The lowest BCUT2D eigenvalue weighted by Gasteiger charge is -2.39. The van der Waals surface area contributed by atoms with Crippen molar-refractivity contribution in [2.24, 2.45) is 0 Å². The van der Waals surface area contributed by atoms with Crippen molar-refractivity contribution < 1.29 is 13.2 Å². The van der Waals surface area contributed by atoms with E-state index in [1.165, 1.54) is 20.5 Å². The summed E-state index contributed by atoms with van der Waals surface area (Å²) in [7, 11) is -1.41. The normalized spacial score (nSPS) is 21.6. The molecule has 0 aromatic carbocycles. The van der Waals surface area contributed by atoms with Gasteiger partial charge in [0.25, 0.3) is 16.1 Å². The molecule has 7 nitrogen and oxygen atoms in total. The number of nitrogens with zero attached hydrogens (tertiary/aromatic N) is 4. The Morgan fingerprint density at radius 2 is 1.56 bits per heavy atom. The Hall–Kier alpha value is -1.00. The SMILES string of the molecule is CCc1ccc(C(=O)N2CCN(S(=O)(=O)N3CCN(C)CC3)CC2)s1. The number of hydrogen-bond donors (Lipinski definition) is 0. The Kier molecular flexibility index (Phi) is 5.79. The average Bonchev–Trinajstić information content (AvgIpc) is 3.11. The maximum Gasteiger partial charge on any atom is 0.282 e. The van der Waals surface area contributed by atoms with Gasteiger partial charge in [0.15, 0.2) is 0 Å². The van der Waals surface area contributed by atoms with Gasteiger partial charge in [-0.3, -0.25) is 4.79 Å². The third-order valence-corrected chi connectivity index (χ3v) is 8.11. The number of rotatable bonds is 4. The molecule has 25 heavy (non-hydrogen) atoms. The number of carbonyl (C=O) groups is 1. The van der Waals surface area contributed by atoms with Crippen molar-refractivity contribution in [1.29, 1.82) is 0 Å². The highest BCUT2D eigenvalue weighted by Gasteiger charge is 2.34. The minimum Gasteiger partial charge on any atom is -0.335 e. The first-order valence-electron chi connectivity index (χ1n) is 8.73. The maximum atomic E-state index is 12.8. The number of carbonyl (C=O) groups excluding carboxylic acids is 1. The van der Waals surface area contributed by atoms with Gasteiger partial charge in [0.05, 0.1) is 4.88 Å². The van der Waals surface area contributed by atoms with Crippen LogP contribution in [0, 0.1) is 0 Å². The fourth-order valence-corrected chi connectivity index (χ4v) is 5.63. The van der Waals surface area contributed by atoms with Crippen molar-refractivity contribution in [2.45, 2.75) is 13.3 Å². The molecule has 2 aliphatic rings. The highest BCUT2D eigenvalue weighted by Crippen LogP contribution is 2.21. The van der Waals surface area contributed by atoms with Crippen LogP contribution in [0.4, 0.5) is 0 Å². The van der Waals surface area contributed by atoms with Crippen molar-refractivity contribution in [2.75, 3.05) is 59.4 Å². The summed E-state index contributed by atoms with van der Waals surface area (Å²) in [5, 5.41) is 0. The van der Waals surface area contributed by atoms with Gasteiger partial charge >= 0.3 is 0 Å². The number of aryl methyl sites for hydroxylation is 1. The molecule has 140 valence electrons. The first-order chi connectivity index (χ1) is 11.9. The molecule has 2 saturated heterocycles. The van der Waals surface area contributed by atoms with Crippen molar-refractivity contribution >= 4 is 27.5 Å². The zero-order valence-corrected chi connectivity index (χ0v) is 16.5. The van der Waals surface area contributed by atoms with Crippen LogP contribution in [-0.4, -0.2) is 92.1 Å². The van der Waals surface area contributed by atoms with Crippen LogP contribution >= 0.6 is 11.3 Å². The molecule has 0 bridgehead atoms. The molecule has 0 spiro atoms. The van der Waals surface area contributed by atoms with Gasteiger partial charge in [0.2, 0.25) is 0 Å². The number of thiophene rings is 1. The van der Waals surface area contributed by atoms with Gasteiger partial charge < -0.3 is 9.80 Å². The zero-order chi connectivity index (χ0) is 18.0. The number of likely N-dealkylation sites (N-methyl/N-ethyl adjacent to an activating group) is 1. The molecule has 0 unspecified atom stereocenters. The lowest BCUT2D eigenvalue weighted by molar-refractivity contribution is 0.0697. The molecule has 9 heteroatoms. The van der Waals surface area contributed by atoms with Crippen LogP contribution in [0.2, 0.25) is 0 Å². The van der Waals surface area contributed by atoms with Gasteiger partial charge in [-0.15, -0.1) is 11.3 Å². The quantitative estimate of drug-likeness (QED) is 0.759. The largest absolute Gasteiger partial charge is 0.335 e. The molecule has 1 amide bonds. The minimum absolute atomic E-state index is 0.0151. The molecule has 0 aliphatic carbocycles. The number of amides is 1. The topological polar surface area (TPSA) is 64.2 Å². The van der Waals surface area contributed by atoms with E-state index < -0.39 is 10.2 Å². The second-order valence-corrected chi connectivity index (χ2v) is 9.62. The van der Waals surface area contributed by atoms with Gasteiger partial charge in [-0.2, -0.15) is 17.0 Å². The summed E-state index contributed by atoms with van der Waals surface area (Å²) in [6, 6.07) is 3.87. The summed E-state index contributed by atoms with van der Waals surface area (Å²) in [6.07, 6.45) is 0.926. The van der Waals surface area contributed by atoms with E-state index in [0.29, 0.717) is 39.3 Å². The van der Waals surface area contributed by atoms with Crippen LogP contribution in [0.25, 0.3) is 0 Å². The van der Waals surface area contributed by atoms with Gasteiger partial charge in [0, 0.05) is 57.2 Å². The van der Waals surface area contributed by atoms with Crippen LogP contribution in [0.3, 0.4) is 0 Å². The standard InChI is InChI=1S/C16H26N4O3S2/c1-3-14-4-5-15(24-14)16(21)18-8-12-20(13-9-18)25(22,23)19-10-6-17(2)7-11-19/h4-5H,3,6-13H2,1-2H3. The zero-order valence-electron chi connectivity index (χ0n) is 14.8. The van der Waals surface area contributed by atoms with Crippen LogP contribution < -0.4 is 0 Å². The van der Waals surface area contributed by atoms with E-state index in [9.17, 15) is 13.2 Å². The van der Waals surface area contributed by atoms with Gasteiger partial charge in [0.1, 0.15) is 0 Å². The highest BCUT2D eigenvalue weighted by molar-refractivity contribution is 7.86. The summed E-state index contributed by atoms with van der Waals surface area (Å²) in [4.78, 5) is 18.4. The average molecular weight is 387 g/mol. The third kappa shape index (κ3) is 4.06. The van der Waals surface area contributed by atoms with E-state index in [1.807, 2.05) is 19.2 Å². The molecule has 1 aromatic heterocycles. The van der Waals surface area contributed by atoms with Crippen LogP contribution in [0.1, 0.15) is 21.5 Å². The molecule has 3 heterocycles. The molecule has 2 aliphatic heterocycles. The molecular formula is C16H26N4O3S2. The van der Waals surface area contributed by atoms with E-state index in [1.54, 1.807) is 9.21 Å². The predicted octanol–water partition coefficient (Wildman–Crippen LogP) is 0.561.